The second-order valence-electron chi connectivity index (χ2n) is 7.31. The van der Waals surface area contributed by atoms with Crippen molar-refractivity contribution < 1.29 is 19.1 Å². The fraction of sp³-hybridized carbons (Fsp3) is 0.476. The molecule has 156 valence electrons. The van der Waals surface area contributed by atoms with Gasteiger partial charge in [0.05, 0.1) is 18.2 Å². The van der Waals surface area contributed by atoms with Gasteiger partial charge >= 0.3 is 5.97 Å². The van der Waals surface area contributed by atoms with E-state index < -0.39 is 12.0 Å². The molecule has 1 aliphatic carbocycles. The van der Waals surface area contributed by atoms with Gasteiger partial charge in [0.25, 0.3) is 0 Å². The van der Waals surface area contributed by atoms with Crippen LogP contribution < -0.4 is 10.6 Å². The average molecular weight is 418 g/mol. The lowest BCUT2D eigenvalue weighted by Crippen LogP contribution is -2.46. The molecule has 1 fully saturated rings. The molecular formula is C21H27N3O4S. The van der Waals surface area contributed by atoms with Crippen molar-refractivity contribution in [3.63, 3.8) is 0 Å². The number of anilines is 1. The van der Waals surface area contributed by atoms with Gasteiger partial charge in [-0.1, -0.05) is 18.6 Å². The Morgan fingerprint density at radius 3 is 2.72 bits per heavy atom. The highest BCUT2D eigenvalue weighted by Gasteiger charge is 2.33. The first-order valence-corrected chi connectivity index (χ1v) is 10.1. The summed E-state index contributed by atoms with van der Waals surface area (Å²) in [5.41, 5.74) is 2.74. The molecule has 1 aromatic rings. The molecule has 1 atom stereocenters. The molecule has 1 aliphatic heterocycles. The van der Waals surface area contributed by atoms with Crippen LogP contribution in [0.4, 0.5) is 5.69 Å². The van der Waals surface area contributed by atoms with Gasteiger partial charge in [0, 0.05) is 31.5 Å². The maximum absolute atomic E-state index is 12.8. The lowest BCUT2D eigenvalue weighted by Gasteiger charge is -2.35. The average Bonchev–Trinajstić information content (AvgIpc) is 2.64. The minimum atomic E-state index is -0.464. The van der Waals surface area contributed by atoms with Crippen molar-refractivity contribution in [2.24, 2.45) is 5.92 Å². The number of allylic oxidation sites excluding steroid dienone is 1. The zero-order valence-corrected chi connectivity index (χ0v) is 17.8. The summed E-state index contributed by atoms with van der Waals surface area (Å²) in [4.78, 5) is 26.9. The van der Waals surface area contributed by atoms with Gasteiger partial charge in [0.15, 0.2) is 5.11 Å². The second-order valence-corrected chi connectivity index (χ2v) is 7.70. The number of methoxy groups -OCH3 is 1. The molecule has 0 saturated heterocycles. The predicted molar refractivity (Wildman–Crippen MR) is 114 cm³/mol. The van der Waals surface area contributed by atoms with E-state index in [-0.39, 0.29) is 18.4 Å². The number of benzene rings is 1. The Balaban J connectivity index is 1.85. The van der Waals surface area contributed by atoms with E-state index in [4.69, 9.17) is 21.7 Å². The van der Waals surface area contributed by atoms with Crippen molar-refractivity contribution in [2.45, 2.75) is 32.2 Å². The molecule has 3 rings (SSSR count). The molecule has 1 unspecified atom stereocenters. The molecule has 0 radical (unpaired) electrons. The highest BCUT2D eigenvalue weighted by Crippen LogP contribution is 2.32. The molecule has 0 spiro atoms. The largest absolute Gasteiger partial charge is 0.460 e. The van der Waals surface area contributed by atoms with E-state index in [2.05, 4.69) is 10.6 Å². The van der Waals surface area contributed by atoms with Gasteiger partial charge in [0.1, 0.15) is 6.61 Å². The van der Waals surface area contributed by atoms with E-state index in [9.17, 15) is 9.59 Å². The number of esters is 1. The Bertz CT molecular complexity index is 835. The summed E-state index contributed by atoms with van der Waals surface area (Å²) < 4.78 is 10.3. The van der Waals surface area contributed by atoms with Gasteiger partial charge in [0.2, 0.25) is 5.91 Å². The summed E-state index contributed by atoms with van der Waals surface area (Å²) in [7, 11) is 3.36. The Labute approximate surface area is 176 Å². The van der Waals surface area contributed by atoms with Gasteiger partial charge in [-0.15, -0.1) is 0 Å². The first-order chi connectivity index (χ1) is 13.9. The quantitative estimate of drug-likeness (QED) is 0.401. The minimum absolute atomic E-state index is 0.0474. The Kier molecular flexibility index (Phi) is 6.87. The third kappa shape index (κ3) is 4.76. The molecule has 1 saturated carbocycles. The van der Waals surface area contributed by atoms with E-state index >= 15 is 0 Å². The summed E-state index contributed by atoms with van der Waals surface area (Å²) in [5.74, 6) is -0.275. The molecule has 7 nitrogen and oxygen atoms in total. The fourth-order valence-electron chi connectivity index (χ4n) is 3.36. The monoisotopic (exact) mass is 417 g/mol. The third-order valence-electron chi connectivity index (χ3n) is 5.46. The zero-order chi connectivity index (χ0) is 21.0. The van der Waals surface area contributed by atoms with Crippen LogP contribution in [-0.2, 0) is 19.1 Å². The van der Waals surface area contributed by atoms with Gasteiger partial charge in [-0.3, -0.25) is 4.79 Å². The van der Waals surface area contributed by atoms with Crippen LogP contribution in [-0.4, -0.2) is 49.3 Å². The molecule has 2 aliphatic rings. The Morgan fingerprint density at radius 2 is 2.07 bits per heavy atom. The summed E-state index contributed by atoms with van der Waals surface area (Å²) in [5, 5.41) is 6.71. The lowest BCUT2D eigenvalue weighted by atomic mass is 9.85. The number of hydrogen-bond acceptors (Lipinski definition) is 5. The van der Waals surface area contributed by atoms with E-state index in [1.54, 1.807) is 19.1 Å². The normalized spacial score (nSPS) is 19.5. The van der Waals surface area contributed by atoms with Gasteiger partial charge in [-0.2, -0.15) is 0 Å². The molecule has 0 bridgehead atoms. The van der Waals surface area contributed by atoms with Crippen LogP contribution in [0.3, 0.4) is 0 Å². The van der Waals surface area contributed by atoms with Crippen molar-refractivity contribution in [3.05, 3.63) is 41.1 Å². The van der Waals surface area contributed by atoms with Gasteiger partial charge in [-0.05, 0) is 49.7 Å². The van der Waals surface area contributed by atoms with Crippen LogP contribution >= 0.6 is 12.2 Å². The third-order valence-corrected chi connectivity index (χ3v) is 5.85. The highest BCUT2D eigenvalue weighted by atomic mass is 32.1. The van der Waals surface area contributed by atoms with Crippen LogP contribution in [0.25, 0.3) is 0 Å². The first-order valence-electron chi connectivity index (χ1n) is 9.74. The predicted octanol–water partition coefficient (Wildman–Crippen LogP) is 2.75. The fourth-order valence-corrected chi connectivity index (χ4v) is 3.61. The topological polar surface area (TPSA) is 79.9 Å². The number of nitrogens with zero attached hydrogens (tertiary/aromatic N) is 1. The molecule has 0 aromatic heterocycles. The van der Waals surface area contributed by atoms with Crippen molar-refractivity contribution in [2.75, 3.05) is 32.7 Å². The van der Waals surface area contributed by atoms with E-state index in [0.717, 1.165) is 30.5 Å². The summed E-state index contributed by atoms with van der Waals surface area (Å²) in [6.07, 6.45) is 2.99. The number of carbonyl (C=O) groups excluding carboxylic acids is 2. The number of amides is 1. The first kappa shape index (κ1) is 21.3. The molecule has 1 amide bonds. The Hall–Kier alpha value is -2.45. The minimum Gasteiger partial charge on any atom is -0.460 e. The smallest absolute Gasteiger partial charge is 0.338 e. The molecule has 1 aromatic carbocycles. The summed E-state index contributed by atoms with van der Waals surface area (Å²) >= 11 is 5.43. The van der Waals surface area contributed by atoms with Crippen molar-refractivity contribution in [1.29, 1.82) is 0 Å². The molecule has 8 heteroatoms. The Morgan fingerprint density at radius 1 is 1.31 bits per heavy atom. The maximum Gasteiger partial charge on any atom is 0.338 e. The van der Waals surface area contributed by atoms with Crippen molar-refractivity contribution in [3.8, 4) is 0 Å². The summed E-state index contributed by atoms with van der Waals surface area (Å²) in [6, 6.07) is 7.02. The number of rotatable bonds is 7. The zero-order valence-electron chi connectivity index (χ0n) is 17.0. The van der Waals surface area contributed by atoms with Crippen LogP contribution in [0.1, 0.15) is 37.8 Å². The number of hydrogen-bond donors (Lipinski definition) is 2. The summed E-state index contributed by atoms with van der Waals surface area (Å²) in [6.45, 7) is 2.34. The lowest BCUT2D eigenvalue weighted by molar-refractivity contribution is -0.140. The van der Waals surface area contributed by atoms with E-state index in [0.29, 0.717) is 23.0 Å². The number of thiocarbonyl (C=S) groups is 1. The van der Waals surface area contributed by atoms with Crippen molar-refractivity contribution >= 4 is 34.9 Å². The van der Waals surface area contributed by atoms with Gasteiger partial charge in [-0.25, -0.2) is 4.79 Å². The molecular weight excluding hydrogens is 390 g/mol. The molecule has 29 heavy (non-hydrogen) atoms. The maximum atomic E-state index is 12.8. The number of ether oxygens (including phenoxy) is 2. The number of carbonyl (C=O) groups is 2. The van der Waals surface area contributed by atoms with Gasteiger partial charge < -0.3 is 25.0 Å². The van der Waals surface area contributed by atoms with Crippen LogP contribution in [0.2, 0.25) is 0 Å². The van der Waals surface area contributed by atoms with E-state index in [1.165, 1.54) is 0 Å². The van der Waals surface area contributed by atoms with E-state index in [1.807, 2.05) is 31.2 Å². The van der Waals surface area contributed by atoms with Crippen molar-refractivity contribution in [1.82, 2.24) is 10.2 Å². The van der Waals surface area contributed by atoms with Crippen LogP contribution in [0.15, 0.2) is 35.5 Å². The molecule has 1 heterocycles. The second kappa shape index (κ2) is 9.37. The molecule has 2 N–H and O–H groups in total. The SMILES string of the molecule is COCCOC(=O)C1=C(C)N(C)C(=S)NC1c1cccc(NC(=O)C2CCC2)c1. The highest BCUT2D eigenvalue weighted by molar-refractivity contribution is 7.80. The van der Waals surface area contributed by atoms with Crippen LogP contribution in [0, 0.1) is 5.92 Å². The number of nitrogens with one attached hydrogen (secondary N) is 2. The standard InChI is InChI=1S/C21H27N3O4S/c1-13-17(20(26)28-11-10-27-3)18(23-21(29)24(13)2)15-8-5-9-16(12-15)22-19(25)14-6-4-7-14/h5,8-9,12,14,18H,4,6-7,10-11H2,1-3H3,(H,22,25)(H,23,29). The van der Waals surface area contributed by atoms with Crippen LogP contribution in [0.5, 0.6) is 0 Å².